The second-order valence-corrected chi connectivity index (χ2v) is 18.4. The van der Waals surface area contributed by atoms with Crippen LogP contribution in [0.3, 0.4) is 0 Å². The molecule has 9 atom stereocenters. The van der Waals surface area contributed by atoms with Crippen molar-refractivity contribution in [3.63, 3.8) is 0 Å². The Bertz CT molecular complexity index is 1280. The average Bonchev–Trinajstić information content (AvgIpc) is 3.67. The van der Waals surface area contributed by atoms with Gasteiger partial charge in [-0.05, 0) is 119 Å². The number of alkyl halides is 1. The number of nitrogens with one attached hydrogen (secondary N) is 2. The standard InChI is InChI=1S/C39H62ClN5O4/c1-4-43(2)24-38-16-25-13-26(17-38)19-39(18-25,23-38)37(49)45-22-29(46)15-34(45)35(47)42-33(14-28-20-41-32-12-8-6-10-30(28)32)36(48)44(3)21-27-9-5-7-11-31(27)40/h20,25-27,29-34,41,46H,4-19,21-24H2,1-3H3,(H,42,47)/t25?,26?,27?,29-,30?,31?,32?,33?,34?,38?,39?/m1/s1. The summed E-state index contributed by atoms with van der Waals surface area (Å²) in [5.74, 6) is 1.42. The zero-order chi connectivity index (χ0) is 34.5. The Hall–Kier alpha value is -1.84. The Morgan fingerprint density at radius 2 is 1.76 bits per heavy atom. The Morgan fingerprint density at radius 1 is 1.04 bits per heavy atom. The van der Waals surface area contributed by atoms with Gasteiger partial charge in [-0.25, -0.2) is 0 Å². The SMILES string of the molecule is CCN(C)CC12CC3CC(C1)CC(C(=O)N1C[C@H](O)CC1C(=O)NC(CC1=CNC4CCCCC14)C(=O)N(C)CC1CCCCC1Cl)(C3)C2. The number of amides is 3. The van der Waals surface area contributed by atoms with Crippen molar-refractivity contribution in [3.8, 4) is 0 Å². The fourth-order valence-corrected chi connectivity index (χ4v) is 12.6. The molecule has 9 nitrogen and oxygen atoms in total. The van der Waals surface area contributed by atoms with E-state index in [1.54, 1.807) is 9.80 Å². The van der Waals surface area contributed by atoms with Crippen LogP contribution in [0.1, 0.15) is 110 Å². The molecule has 6 aliphatic carbocycles. The number of carbonyl (C=O) groups is 3. The van der Waals surface area contributed by atoms with Crippen molar-refractivity contribution in [2.75, 3.05) is 40.3 Å². The molecule has 8 aliphatic rings. The lowest BCUT2D eigenvalue weighted by Crippen LogP contribution is -2.62. The van der Waals surface area contributed by atoms with E-state index in [1.807, 2.05) is 7.05 Å². The molecule has 0 aromatic carbocycles. The highest BCUT2D eigenvalue weighted by molar-refractivity contribution is 6.20. The van der Waals surface area contributed by atoms with Gasteiger partial charge in [0.1, 0.15) is 12.1 Å². The van der Waals surface area contributed by atoms with Gasteiger partial charge >= 0.3 is 0 Å². The lowest BCUT2D eigenvalue weighted by atomic mass is 9.43. The molecule has 274 valence electrons. The molecule has 8 unspecified atom stereocenters. The van der Waals surface area contributed by atoms with E-state index in [1.165, 1.54) is 37.7 Å². The minimum absolute atomic E-state index is 0.0624. The van der Waals surface area contributed by atoms with Gasteiger partial charge in [0, 0.05) is 50.4 Å². The largest absolute Gasteiger partial charge is 0.391 e. The van der Waals surface area contributed by atoms with E-state index in [4.69, 9.17) is 11.6 Å². The molecule has 6 saturated carbocycles. The molecule has 4 bridgehead atoms. The summed E-state index contributed by atoms with van der Waals surface area (Å²) >= 11 is 6.72. The van der Waals surface area contributed by atoms with Crippen LogP contribution in [0.25, 0.3) is 0 Å². The van der Waals surface area contributed by atoms with E-state index in [9.17, 15) is 19.5 Å². The maximum absolute atomic E-state index is 14.8. The van der Waals surface area contributed by atoms with Gasteiger partial charge in [-0.15, -0.1) is 11.6 Å². The highest BCUT2D eigenvalue weighted by Crippen LogP contribution is 2.66. The van der Waals surface area contributed by atoms with Crippen molar-refractivity contribution in [1.29, 1.82) is 0 Å². The number of nitrogens with zero attached hydrogens (tertiary/aromatic N) is 3. The Labute approximate surface area is 299 Å². The Morgan fingerprint density at radius 3 is 2.49 bits per heavy atom. The molecule has 7 fully saturated rings. The number of likely N-dealkylation sites (N-methyl/N-ethyl adjacent to an activating group) is 1. The van der Waals surface area contributed by atoms with Gasteiger partial charge in [0.2, 0.25) is 17.7 Å². The average molecular weight is 700 g/mol. The van der Waals surface area contributed by atoms with Gasteiger partial charge in [-0.3, -0.25) is 14.4 Å². The number of carbonyl (C=O) groups excluding carboxylic acids is 3. The van der Waals surface area contributed by atoms with Crippen molar-refractivity contribution in [1.82, 2.24) is 25.3 Å². The lowest BCUT2D eigenvalue weighted by molar-refractivity contribution is -0.172. The molecule has 0 spiro atoms. The van der Waals surface area contributed by atoms with Crippen molar-refractivity contribution >= 4 is 29.3 Å². The van der Waals surface area contributed by atoms with Gasteiger partial charge in [0.25, 0.3) is 0 Å². The van der Waals surface area contributed by atoms with E-state index < -0.39 is 23.6 Å². The molecule has 3 amide bonds. The van der Waals surface area contributed by atoms with Crippen LogP contribution >= 0.6 is 11.6 Å². The molecule has 0 aromatic heterocycles. The maximum Gasteiger partial charge on any atom is 0.245 e. The summed E-state index contributed by atoms with van der Waals surface area (Å²) in [6, 6.07) is -1.09. The molecule has 8 rings (SSSR count). The summed E-state index contributed by atoms with van der Waals surface area (Å²) in [6.45, 7) is 4.98. The van der Waals surface area contributed by atoms with Crippen LogP contribution < -0.4 is 10.6 Å². The summed E-state index contributed by atoms with van der Waals surface area (Å²) in [5.41, 5.74) is 0.911. The molecule has 0 aromatic rings. The van der Waals surface area contributed by atoms with Crippen LogP contribution in [-0.4, -0.2) is 107 Å². The number of β-amino-alcohol motifs (C(OH)–C–C–N with tert-alkyl or cyclic N) is 1. The van der Waals surface area contributed by atoms with E-state index in [-0.39, 0.29) is 47.4 Å². The summed E-state index contributed by atoms with van der Waals surface area (Å²) < 4.78 is 0. The first kappa shape index (κ1) is 35.6. The summed E-state index contributed by atoms with van der Waals surface area (Å²) in [4.78, 5) is 49.3. The third-order valence-electron chi connectivity index (χ3n) is 14.1. The van der Waals surface area contributed by atoms with Crippen LogP contribution in [-0.2, 0) is 14.4 Å². The van der Waals surface area contributed by atoms with Crippen molar-refractivity contribution in [2.45, 2.75) is 139 Å². The van der Waals surface area contributed by atoms with Gasteiger partial charge in [0.05, 0.1) is 11.5 Å². The van der Waals surface area contributed by atoms with Crippen LogP contribution in [0.5, 0.6) is 0 Å². The monoisotopic (exact) mass is 699 g/mol. The van der Waals surface area contributed by atoms with Crippen molar-refractivity contribution in [2.24, 2.45) is 34.5 Å². The predicted octanol–water partition coefficient (Wildman–Crippen LogP) is 4.66. The van der Waals surface area contributed by atoms with E-state index in [0.717, 1.165) is 70.9 Å². The number of hydrogen-bond acceptors (Lipinski definition) is 6. The van der Waals surface area contributed by atoms with E-state index >= 15 is 0 Å². The Balaban J connectivity index is 1.09. The molecule has 0 radical (unpaired) electrons. The van der Waals surface area contributed by atoms with Gasteiger partial charge in [-0.2, -0.15) is 0 Å². The van der Waals surface area contributed by atoms with Crippen molar-refractivity contribution < 1.29 is 19.5 Å². The quantitative estimate of drug-likeness (QED) is 0.271. The fourth-order valence-electron chi connectivity index (χ4n) is 12.2. The Kier molecular flexibility index (Phi) is 10.4. The lowest BCUT2D eigenvalue weighted by Gasteiger charge is -2.62. The molecule has 49 heavy (non-hydrogen) atoms. The fraction of sp³-hybridized carbons (Fsp3) is 0.872. The first-order valence-corrected chi connectivity index (χ1v) is 20.2. The highest BCUT2D eigenvalue weighted by Gasteiger charge is 2.62. The van der Waals surface area contributed by atoms with Gasteiger partial charge in [-0.1, -0.05) is 32.6 Å². The second kappa shape index (κ2) is 14.3. The number of halogens is 1. The molecule has 2 aliphatic heterocycles. The topological polar surface area (TPSA) is 105 Å². The maximum atomic E-state index is 14.8. The van der Waals surface area contributed by atoms with Crippen LogP contribution in [0, 0.1) is 34.5 Å². The molecule has 3 N–H and O–H groups in total. The predicted molar refractivity (Wildman–Crippen MR) is 192 cm³/mol. The molecule has 2 heterocycles. The minimum Gasteiger partial charge on any atom is -0.391 e. The zero-order valence-electron chi connectivity index (χ0n) is 30.3. The van der Waals surface area contributed by atoms with Crippen molar-refractivity contribution in [3.05, 3.63) is 11.8 Å². The van der Waals surface area contributed by atoms with E-state index in [2.05, 4.69) is 35.7 Å². The van der Waals surface area contributed by atoms with E-state index in [0.29, 0.717) is 36.8 Å². The molecule has 1 saturated heterocycles. The number of hydrogen-bond donors (Lipinski definition) is 3. The van der Waals surface area contributed by atoms with Crippen LogP contribution in [0.4, 0.5) is 0 Å². The van der Waals surface area contributed by atoms with Gasteiger partial charge < -0.3 is 30.4 Å². The minimum atomic E-state index is -0.769. The highest BCUT2D eigenvalue weighted by atomic mass is 35.5. The third kappa shape index (κ3) is 7.16. The molecular formula is C39H62ClN5O4. The molecular weight excluding hydrogens is 638 g/mol. The summed E-state index contributed by atoms with van der Waals surface area (Å²) in [6.07, 6.45) is 17.2. The number of aliphatic hydroxyl groups is 1. The summed E-state index contributed by atoms with van der Waals surface area (Å²) in [7, 11) is 4.03. The normalized spacial score (nSPS) is 40.1. The zero-order valence-corrected chi connectivity index (χ0v) is 31.1. The third-order valence-corrected chi connectivity index (χ3v) is 14.7. The number of rotatable bonds is 11. The number of fused-ring (bicyclic) bond motifs is 1. The first-order valence-electron chi connectivity index (χ1n) is 19.8. The molecule has 10 heteroatoms. The number of aliphatic hydroxyl groups excluding tert-OH is 1. The smallest absolute Gasteiger partial charge is 0.245 e. The van der Waals surface area contributed by atoms with Crippen LogP contribution in [0.15, 0.2) is 11.8 Å². The van der Waals surface area contributed by atoms with Crippen LogP contribution in [0.2, 0.25) is 0 Å². The second-order valence-electron chi connectivity index (χ2n) is 17.9. The first-order chi connectivity index (χ1) is 23.5. The van der Waals surface area contributed by atoms with Gasteiger partial charge in [0.15, 0.2) is 0 Å². The number of likely N-dealkylation sites (tertiary alicyclic amines) is 1. The summed E-state index contributed by atoms with van der Waals surface area (Å²) in [5, 5.41) is 17.8.